The summed E-state index contributed by atoms with van der Waals surface area (Å²) < 4.78 is 36.2. The highest BCUT2D eigenvalue weighted by Crippen LogP contribution is 2.54. The lowest BCUT2D eigenvalue weighted by Crippen LogP contribution is -2.39. The molecule has 2 aliphatic carbocycles. The quantitative estimate of drug-likeness (QED) is 0.800. The molecule has 3 atom stereocenters. The van der Waals surface area contributed by atoms with Gasteiger partial charge in [0.1, 0.15) is 0 Å². The van der Waals surface area contributed by atoms with Crippen molar-refractivity contribution in [3.05, 3.63) is 0 Å². The fourth-order valence-corrected chi connectivity index (χ4v) is 2.69. The molecule has 92 valence electrons. The van der Waals surface area contributed by atoms with Gasteiger partial charge in [0, 0.05) is 12.0 Å². The average molecular weight is 235 g/mol. The lowest BCUT2D eigenvalue weighted by atomic mass is 10.0. The SMILES string of the molecule is CC(CC(F)(F)F)NC(=O)C1CC2CC2C1. The molecule has 1 N–H and O–H groups in total. The average Bonchev–Trinajstić information content (AvgIpc) is 2.70. The van der Waals surface area contributed by atoms with E-state index >= 15 is 0 Å². The van der Waals surface area contributed by atoms with Gasteiger partial charge in [-0.3, -0.25) is 4.79 Å². The number of nitrogens with one attached hydrogen (secondary N) is 1. The highest BCUT2D eigenvalue weighted by molar-refractivity contribution is 5.79. The van der Waals surface area contributed by atoms with Crippen LogP contribution in [-0.4, -0.2) is 18.1 Å². The molecule has 0 bridgehead atoms. The Bertz CT molecular complexity index is 279. The van der Waals surface area contributed by atoms with Crippen molar-refractivity contribution in [2.45, 2.75) is 44.8 Å². The first-order valence-corrected chi connectivity index (χ1v) is 5.72. The second kappa shape index (κ2) is 3.93. The Hall–Kier alpha value is -0.740. The van der Waals surface area contributed by atoms with Crippen molar-refractivity contribution in [3.8, 4) is 0 Å². The van der Waals surface area contributed by atoms with Crippen LogP contribution in [0.1, 0.15) is 32.6 Å². The minimum absolute atomic E-state index is 0.0422. The van der Waals surface area contributed by atoms with Crippen LogP contribution in [0.2, 0.25) is 0 Å². The number of carbonyl (C=O) groups is 1. The van der Waals surface area contributed by atoms with Gasteiger partial charge in [-0.05, 0) is 38.0 Å². The summed E-state index contributed by atoms with van der Waals surface area (Å²) in [6, 6.07) is -0.815. The van der Waals surface area contributed by atoms with Crippen molar-refractivity contribution in [3.63, 3.8) is 0 Å². The second-order valence-electron chi connectivity index (χ2n) is 5.15. The van der Waals surface area contributed by atoms with Crippen LogP contribution in [0, 0.1) is 17.8 Å². The Balaban J connectivity index is 1.74. The molecular weight excluding hydrogens is 219 g/mol. The number of carbonyl (C=O) groups excluding carboxylic acids is 1. The Morgan fingerprint density at radius 3 is 2.38 bits per heavy atom. The Kier molecular flexibility index (Phi) is 2.88. The fourth-order valence-electron chi connectivity index (χ4n) is 2.69. The number of alkyl halides is 3. The van der Waals surface area contributed by atoms with E-state index in [2.05, 4.69) is 5.32 Å². The number of fused-ring (bicyclic) bond motifs is 1. The summed E-state index contributed by atoms with van der Waals surface area (Å²) in [4.78, 5) is 11.6. The summed E-state index contributed by atoms with van der Waals surface area (Å²) in [7, 11) is 0. The Morgan fingerprint density at radius 2 is 1.88 bits per heavy atom. The normalized spacial score (nSPS) is 34.4. The van der Waals surface area contributed by atoms with Crippen molar-refractivity contribution < 1.29 is 18.0 Å². The van der Waals surface area contributed by atoms with Crippen LogP contribution >= 0.6 is 0 Å². The van der Waals surface area contributed by atoms with Gasteiger partial charge in [0.2, 0.25) is 5.91 Å². The topological polar surface area (TPSA) is 29.1 Å². The molecule has 0 spiro atoms. The van der Waals surface area contributed by atoms with Crippen LogP contribution in [-0.2, 0) is 4.79 Å². The first-order valence-electron chi connectivity index (χ1n) is 5.72. The van der Waals surface area contributed by atoms with Gasteiger partial charge >= 0.3 is 6.18 Å². The van der Waals surface area contributed by atoms with Gasteiger partial charge in [0.25, 0.3) is 0 Å². The lowest BCUT2D eigenvalue weighted by Gasteiger charge is -2.19. The van der Waals surface area contributed by atoms with Gasteiger partial charge in [-0.25, -0.2) is 0 Å². The third-order valence-corrected chi connectivity index (χ3v) is 3.54. The fraction of sp³-hybridized carbons (Fsp3) is 0.909. The van der Waals surface area contributed by atoms with Crippen molar-refractivity contribution in [2.24, 2.45) is 17.8 Å². The molecule has 2 saturated carbocycles. The number of rotatable bonds is 3. The van der Waals surface area contributed by atoms with Gasteiger partial charge < -0.3 is 5.32 Å². The Morgan fingerprint density at radius 1 is 1.31 bits per heavy atom. The third kappa shape index (κ3) is 2.89. The van der Waals surface area contributed by atoms with Gasteiger partial charge in [0.05, 0.1) is 6.42 Å². The molecule has 0 saturated heterocycles. The molecule has 5 heteroatoms. The number of amides is 1. The van der Waals surface area contributed by atoms with Crippen molar-refractivity contribution in [1.82, 2.24) is 5.32 Å². The van der Waals surface area contributed by atoms with Crippen molar-refractivity contribution in [2.75, 3.05) is 0 Å². The van der Waals surface area contributed by atoms with Gasteiger partial charge in [-0.1, -0.05) is 0 Å². The van der Waals surface area contributed by atoms with E-state index in [9.17, 15) is 18.0 Å². The van der Waals surface area contributed by atoms with E-state index in [1.54, 1.807) is 0 Å². The van der Waals surface area contributed by atoms with E-state index in [1.807, 2.05) is 0 Å². The summed E-state index contributed by atoms with van der Waals surface area (Å²) in [5, 5.41) is 2.46. The molecule has 2 fully saturated rings. The predicted molar refractivity (Wildman–Crippen MR) is 52.6 cm³/mol. The third-order valence-electron chi connectivity index (χ3n) is 3.54. The summed E-state index contributed by atoms with van der Waals surface area (Å²) in [5.41, 5.74) is 0. The van der Waals surface area contributed by atoms with Crippen molar-refractivity contribution in [1.29, 1.82) is 0 Å². The summed E-state index contributed by atoms with van der Waals surface area (Å²) in [6.07, 6.45) is -2.20. The van der Waals surface area contributed by atoms with Crippen molar-refractivity contribution >= 4 is 5.91 Å². The van der Waals surface area contributed by atoms with E-state index in [0.29, 0.717) is 11.8 Å². The van der Waals surface area contributed by atoms with Gasteiger partial charge in [0.15, 0.2) is 0 Å². The molecular formula is C11H16F3NO. The van der Waals surface area contributed by atoms with E-state index in [0.717, 1.165) is 12.8 Å². The highest BCUT2D eigenvalue weighted by Gasteiger charge is 2.48. The number of halogens is 3. The maximum absolute atomic E-state index is 12.1. The zero-order valence-corrected chi connectivity index (χ0v) is 9.18. The summed E-state index contributed by atoms with van der Waals surface area (Å²) in [6.45, 7) is 1.40. The van der Waals surface area contributed by atoms with E-state index in [-0.39, 0.29) is 11.8 Å². The van der Waals surface area contributed by atoms with Crippen LogP contribution in [0.3, 0.4) is 0 Å². The molecule has 0 heterocycles. The molecule has 0 radical (unpaired) electrons. The van der Waals surface area contributed by atoms with Crippen LogP contribution in [0.4, 0.5) is 13.2 Å². The summed E-state index contributed by atoms with van der Waals surface area (Å²) >= 11 is 0. The molecule has 0 aromatic rings. The second-order valence-corrected chi connectivity index (χ2v) is 5.15. The van der Waals surface area contributed by atoms with Crippen LogP contribution in [0.15, 0.2) is 0 Å². The standard InChI is InChI=1S/C11H16F3NO/c1-6(5-11(12,13)14)15-10(16)9-3-7-2-8(7)4-9/h6-9H,2-5H2,1H3,(H,15,16). The molecule has 0 aromatic carbocycles. The minimum atomic E-state index is -4.20. The van der Waals surface area contributed by atoms with E-state index in [4.69, 9.17) is 0 Å². The minimum Gasteiger partial charge on any atom is -0.353 e. The molecule has 1 amide bonds. The highest BCUT2D eigenvalue weighted by atomic mass is 19.4. The number of hydrogen-bond acceptors (Lipinski definition) is 1. The maximum Gasteiger partial charge on any atom is 0.391 e. The summed E-state index contributed by atoms with van der Waals surface area (Å²) in [5.74, 6) is 1.12. The molecule has 2 aliphatic rings. The molecule has 0 aliphatic heterocycles. The Labute approximate surface area is 92.6 Å². The van der Waals surface area contributed by atoms with E-state index in [1.165, 1.54) is 13.3 Å². The smallest absolute Gasteiger partial charge is 0.353 e. The molecule has 2 rings (SSSR count). The van der Waals surface area contributed by atoms with Crippen LogP contribution < -0.4 is 5.32 Å². The maximum atomic E-state index is 12.1. The predicted octanol–water partition coefficient (Wildman–Crippen LogP) is 2.49. The first kappa shape index (κ1) is 11.7. The van der Waals surface area contributed by atoms with Gasteiger partial charge in [-0.15, -0.1) is 0 Å². The van der Waals surface area contributed by atoms with E-state index < -0.39 is 18.6 Å². The lowest BCUT2D eigenvalue weighted by molar-refractivity contribution is -0.142. The monoisotopic (exact) mass is 235 g/mol. The largest absolute Gasteiger partial charge is 0.391 e. The van der Waals surface area contributed by atoms with Crippen LogP contribution in [0.25, 0.3) is 0 Å². The molecule has 0 aromatic heterocycles. The first-order chi connectivity index (χ1) is 7.35. The number of hydrogen-bond donors (Lipinski definition) is 1. The molecule has 3 unspecified atom stereocenters. The zero-order valence-electron chi connectivity index (χ0n) is 9.18. The molecule has 16 heavy (non-hydrogen) atoms. The molecule has 2 nitrogen and oxygen atoms in total. The van der Waals surface area contributed by atoms with Gasteiger partial charge in [-0.2, -0.15) is 13.2 Å². The van der Waals surface area contributed by atoms with Crippen LogP contribution in [0.5, 0.6) is 0 Å². The zero-order chi connectivity index (χ0) is 11.9.